The molecular weight excluding hydrogens is 336 g/mol. The van der Waals surface area contributed by atoms with E-state index in [-0.39, 0.29) is 12.1 Å². The molecule has 0 saturated carbocycles. The van der Waals surface area contributed by atoms with Crippen molar-refractivity contribution in [3.63, 3.8) is 0 Å². The van der Waals surface area contributed by atoms with Crippen LogP contribution in [-0.4, -0.2) is 23.9 Å². The zero-order chi connectivity index (χ0) is 18.9. The highest BCUT2D eigenvalue weighted by molar-refractivity contribution is 5.92. The molecule has 7 heteroatoms. The molecule has 0 aliphatic heterocycles. The van der Waals surface area contributed by atoms with Crippen molar-refractivity contribution < 1.29 is 19.2 Å². The number of hydrogen-bond acceptors (Lipinski definition) is 5. The van der Waals surface area contributed by atoms with Crippen LogP contribution in [-0.2, 0) is 14.3 Å². The van der Waals surface area contributed by atoms with E-state index in [4.69, 9.17) is 0 Å². The van der Waals surface area contributed by atoms with Gasteiger partial charge >= 0.3 is 5.97 Å². The van der Waals surface area contributed by atoms with Crippen molar-refractivity contribution >= 4 is 23.6 Å². The van der Waals surface area contributed by atoms with E-state index >= 15 is 0 Å². The molecule has 2 rings (SSSR count). The van der Waals surface area contributed by atoms with Gasteiger partial charge in [0.15, 0.2) is 0 Å². The van der Waals surface area contributed by atoms with Crippen LogP contribution in [0.15, 0.2) is 60.7 Å². The summed E-state index contributed by atoms with van der Waals surface area (Å²) in [5, 5.41) is 13.5. The van der Waals surface area contributed by atoms with E-state index in [1.54, 1.807) is 24.3 Å². The number of nitrogens with one attached hydrogen (secondary N) is 1. The van der Waals surface area contributed by atoms with Gasteiger partial charge in [0.1, 0.15) is 0 Å². The predicted molar refractivity (Wildman–Crippen MR) is 96.1 cm³/mol. The molecule has 7 nitrogen and oxygen atoms in total. The number of ether oxygens (including phenoxy) is 1. The summed E-state index contributed by atoms with van der Waals surface area (Å²) in [5.41, 5.74) is 1.24. The molecule has 2 aromatic carbocycles. The SMILES string of the molecule is COC(=O)CC(NC(=O)/C=C/c1cccc([N+](=O)[O-])c1)c1ccccc1. The summed E-state index contributed by atoms with van der Waals surface area (Å²) >= 11 is 0. The van der Waals surface area contributed by atoms with Crippen molar-refractivity contribution in [2.45, 2.75) is 12.5 Å². The van der Waals surface area contributed by atoms with Gasteiger partial charge in [0.2, 0.25) is 5.91 Å². The van der Waals surface area contributed by atoms with Gasteiger partial charge in [-0.25, -0.2) is 0 Å². The molecule has 1 atom stereocenters. The van der Waals surface area contributed by atoms with Crippen molar-refractivity contribution in [2.24, 2.45) is 0 Å². The quantitative estimate of drug-likeness (QED) is 0.357. The number of methoxy groups -OCH3 is 1. The van der Waals surface area contributed by atoms with E-state index in [2.05, 4.69) is 10.1 Å². The summed E-state index contributed by atoms with van der Waals surface area (Å²) in [4.78, 5) is 34.1. The molecule has 0 radical (unpaired) electrons. The van der Waals surface area contributed by atoms with Gasteiger partial charge in [-0.3, -0.25) is 19.7 Å². The first kappa shape index (κ1) is 18.9. The standard InChI is InChI=1S/C19H18N2O5/c1-26-19(23)13-17(15-7-3-2-4-8-15)20-18(22)11-10-14-6-5-9-16(12-14)21(24)25/h2-12,17H,13H2,1H3,(H,20,22)/b11-10+. The number of amides is 1. The maximum absolute atomic E-state index is 12.2. The summed E-state index contributed by atoms with van der Waals surface area (Å²) < 4.78 is 4.68. The van der Waals surface area contributed by atoms with Crippen LogP contribution in [0.2, 0.25) is 0 Å². The number of esters is 1. The number of nitro groups is 1. The molecule has 0 aliphatic carbocycles. The number of hydrogen-bond donors (Lipinski definition) is 1. The first-order valence-corrected chi connectivity index (χ1v) is 7.84. The monoisotopic (exact) mass is 354 g/mol. The third-order valence-corrected chi connectivity index (χ3v) is 3.63. The maximum atomic E-state index is 12.2. The molecule has 1 amide bonds. The topological polar surface area (TPSA) is 98.5 Å². The van der Waals surface area contributed by atoms with Crippen LogP contribution in [0.25, 0.3) is 6.08 Å². The smallest absolute Gasteiger partial charge is 0.307 e. The van der Waals surface area contributed by atoms with E-state index < -0.39 is 22.8 Å². The maximum Gasteiger partial charge on any atom is 0.307 e. The van der Waals surface area contributed by atoms with Gasteiger partial charge in [-0.15, -0.1) is 0 Å². The Morgan fingerprint density at radius 2 is 1.92 bits per heavy atom. The molecule has 0 aliphatic rings. The van der Waals surface area contributed by atoms with Crippen molar-refractivity contribution in [3.8, 4) is 0 Å². The third kappa shape index (κ3) is 5.55. The van der Waals surface area contributed by atoms with Gasteiger partial charge in [-0.1, -0.05) is 42.5 Å². The zero-order valence-electron chi connectivity index (χ0n) is 14.1. The molecule has 1 N–H and O–H groups in total. The highest BCUT2D eigenvalue weighted by atomic mass is 16.6. The van der Waals surface area contributed by atoms with Crippen molar-refractivity contribution in [3.05, 3.63) is 81.9 Å². The van der Waals surface area contributed by atoms with E-state index in [1.165, 1.54) is 31.4 Å². The molecule has 0 fully saturated rings. The molecule has 0 saturated heterocycles. The van der Waals surface area contributed by atoms with Crippen LogP contribution in [0.1, 0.15) is 23.6 Å². The lowest BCUT2D eigenvalue weighted by Crippen LogP contribution is -2.29. The lowest BCUT2D eigenvalue weighted by molar-refractivity contribution is -0.384. The summed E-state index contributed by atoms with van der Waals surface area (Å²) in [7, 11) is 1.29. The van der Waals surface area contributed by atoms with Gasteiger partial charge in [0, 0.05) is 18.2 Å². The molecular formula is C19H18N2O5. The largest absolute Gasteiger partial charge is 0.469 e. The van der Waals surface area contributed by atoms with Crippen LogP contribution >= 0.6 is 0 Å². The Morgan fingerprint density at radius 3 is 2.58 bits per heavy atom. The average Bonchev–Trinajstić information content (AvgIpc) is 2.66. The first-order chi connectivity index (χ1) is 12.5. The minimum atomic E-state index is -0.536. The highest BCUT2D eigenvalue weighted by Crippen LogP contribution is 2.18. The highest BCUT2D eigenvalue weighted by Gasteiger charge is 2.17. The number of benzene rings is 2. The zero-order valence-corrected chi connectivity index (χ0v) is 14.1. The number of nitrogens with zero attached hydrogens (tertiary/aromatic N) is 1. The van der Waals surface area contributed by atoms with Crippen LogP contribution in [0.5, 0.6) is 0 Å². The second-order valence-corrected chi connectivity index (χ2v) is 5.44. The second kappa shape index (κ2) is 9.12. The molecule has 0 spiro atoms. The fourth-order valence-corrected chi connectivity index (χ4v) is 2.32. The predicted octanol–water partition coefficient (Wildman–Crippen LogP) is 3.03. The molecule has 0 aromatic heterocycles. The number of non-ortho nitro benzene ring substituents is 1. The van der Waals surface area contributed by atoms with E-state index in [0.717, 1.165) is 5.56 Å². The number of nitro benzene ring substituents is 1. The minimum Gasteiger partial charge on any atom is -0.469 e. The fraction of sp³-hybridized carbons (Fsp3) is 0.158. The number of rotatable bonds is 7. The minimum absolute atomic E-state index is 0.00307. The Kier molecular flexibility index (Phi) is 6.61. The Bertz CT molecular complexity index is 818. The Morgan fingerprint density at radius 1 is 1.19 bits per heavy atom. The van der Waals surface area contributed by atoms with Crippen molar-refractivity contribution in [1.29, 1.82) is 0 Å². The van der Waals surface area contributed by atoms with Gasteiger partial charge in [-0.05, 0) is 17.2 Å². The fourth-order valence-electron chi connectivity index (χ4n) is 2.32. The summed E-state index contributed by atoms with van der Waals surface area (Å²) in [6, 6.07) is 14.5. The van der Waals surface area contributed by atoms with Gasteiger partial charge in [-0.2, -0.15) is 0 Å². The van der Waals surface area contributed by atoms with Crippen LogP contribution in [0.4, 0.5) is 5.69 Å². The van der Waals surface area contributed by atoms with Gasteiger partial charge in [0.25, 0.3) is 5.69 Å². The lowest BCUT2D eigenvalue weighted by Gasteiger charge is -2.17. The second-order valence-electron chi connectivity index (χ2n) is 5.44. The van der Waals surface area contributed by atoms with E-state index in [0.29, 0.717) is 5.56 Å². The molecule has 1 unspecified atom stereocenters. The van der Waals surface area contributed by atoms with Crippen LogP contribution < -0.4 is 5.32 Å². The third-order valence-electron chi connectivity index (χ3n) is 3.63. The normalized spacial score (nSPS) is 11.7. The Hall–Kier alpha value is -3.48. The molecule has 134 valence electrons. The van der Waals surface area contributed by atoms with E-state index in [1.807, 2.05) is 18.2 Å². The summed E-state index contributed by atoms with van der Waals surface area (Å²) in [5.74, 6) is -0.865. The first-order valence-electron chi connectivity index (χ1n) is 7.84. The Balaban J connectivity index is 2.10. The van der Waals surface area contributed by atoms with Crippen LogP contribution in [0, 0.1) is 10.1 Å². The lowest BCUT2D eigenvalue weighted by atomic mass is 10.0. The molecule has 0 bridgehead atoms. The van der Waals surface area contributed by atoms with E-state index in [9.17, 15) is 19.7 Å². The average molecular weight is 354 g/mol. The molecule has 2 aromatic rings. The van der Waals surface area contributed by atoms with Crippen molar-refractivity contribution in [2.75, 3.05) is 7.11 Å². The Labute approximate surface area is 150 Å². The number of carbonyl (C=O) groups excluding carboxylic acids is 2. The van der Waals surface area contributed by atoms with Crippen molar-refractivity contribution in [1.82, 2.24) is 5.32 Å². The summed E-state index contributed by atoms with van der Waals surface area (Å²) in [6.45, 7) is 0. The summed E-state index contributed by atoms with van der Waals surface area (Å²) in [6.07, 6.45) is 2.74. The van der Waals surface area contributed by atoms with Gasteiger partial charge in [0.05, 0.1) is 24.5 Å². The van der Waals surface area contributed by atoms with Crippen LogP contribution in [0.3, 0.4) is 0 Å². The molecule has 26 heavy (non-hydrogen) atoms. The number of carbonyl (C=O) groups is 2. The molecule has 0 heterocycles. The van der Waals surface area contributed by atoms with Gasteiger partial charge < -0.3 is 10.1 Å².